The monoisotopic (exact) mass is 282 g/mol. The van der Waals surface area contributed by atoms with Crippen molar-refractivity contribution in [2.75, 3.05) is 0 Å². The Morgan fingerprint density at radius 3 is 2.50 bits per heavy atom. The summed E-state index contributed by atoms with van der Waals surface area (Å²) in [6, 6.07) is 4.46. The molecule has 0 N–H and O–H groups in total. The summed E-state index contributed by atoms with van der Waals surface area (Å²) in [4.78, 5) is 7.92. The van der Waals surface area contributed by atoms with E-state index in [1.807, 2.05) is 6.92 Å². The first-order valence-corrected chi connectivity index (χ1v) is 5.35. The molecule has 0 saturated heterocycles. The second-order valence-electron chi connectivity index (χ2n) is 3.25. The van der Waals surface area contributed by atoms with E-state index in [1.54, 1.807) is 18.5 Å². The Morgan fingerprint density at radius 1 is 1.19 bits per heavy atom. The van der Waals surface area contributed by atoms with Gasteiger partial charge in [0, 0.05) is 22.9 Å². The van der Waals surface area contributed by atoms with Crippen LogP contribution >= 0.6 is 15.9 Å². The molecule has 0 saturated carbocycles. The molecule has 1 aromatic carbocycles. The fourth-order valence-corrected chi connectivity index (χ4v) is 1.57. The van der Waals surface area contributed by atoms with E-state index in [2.05, 4.69) is 25.9 Å². The van der Waals surface area contributed by atoms with E-state index in [0.29, 0.717) is 10.2 Å². The summed E-state index contributed by atoms with van der Waals surface area (Å²) in [5.41, 5.74) is 0.938. The zero-order chi connectivity index (χ0) is 11.5. The van der Waals surface area contributed by atoms with E-state index >= 15 is 0 Å². The first kappa shape index (κ1) is 11.0. The second-order valence-corrected chi connectivity index (χ2v) is 4.17. The van der Waals surface area contributed by atoms with Crippen molar-refractivity contribution >= 4 is 15.9 Å². The van der Waals surface area contributed by atoms with Crippen molar-refractivity contribution in [1.82, 2.24) is 9.97 Å². The van der Waals surface area contributed by atoms with Gasteiger partial charge < -0.3 is 4.74 Å². The van der Waals surface area contributed by atoms with Crippen molar-refractivity contribution < 1.29 is 9.13 Å². The molecule has 0 fully saturated rings. The van der Waals surface area contributed by atoms with Crippen molar-refractivity contribution in [3.63, 3.8) is 0 Å². The van der Waals surface area contributed by atoms with Crippen LogP contribution in [0.15, 0.2) is 35.1 Å². The first-order chi connectivity index (χ1) is 7.63. The molecule has 82 valence electrons. The van der Waals surface area contributed by atoms with E-state index in [0.717, 1.165) is 5.56 Å². The molecule has 0 aliphatic heterocycles. The van der Waals surface area contributed by atoms with Gasteiger partial charge in [0.25, 0.3) is 0 Å². The predicted molar refractivity (Wildman–Crippen MR) is 60.9 cm³/mol. The molecule has 5 heteroatoms. The number of benzene rings is 1. The van der Waals surface area contributed by atoms with E-state index < -0.39 is 0 Å². The fourth-order valence-electron chi connectivity index (χ4n) is 1.13. The fraction of sp³-hybridized carbons (Fsp3) is 0.0909. The number of rotatable bonds is 2. The Balaban J connectivity index is 2.23. The highest BCUT2D eigenvalue weighted by Crippen LogP contribution is 2.23. The van der Waals surface area contributed by atoms with Crippen LogP contribution in [0.2, 0.25) is 0 Å². The molecular weight excluding hydrogens is 275 g/mol. The smallest absolute Gasteiger partial charge is 0.321 e. The molecule has 1 aromatic heterocycles. The summed E-state index contributed by atoms with van der Waals surface area (Å²) in [5, 5.41) is 0. The standard InChI is InChI=1S/C11H8BrFN2O/c1-7-5-14-11(15-6-7)16-10-3-8(12)2-9(13)4-10/h2-6H,1H3. The lowest BCUT2D eigenvalue weighted by Crippen LogP contribution is -1.92. The summed E-state index contributed by atoms with van der Waals surface area (Å²) < 4.78 is 19.0. The summed E-state index contributed by atoms with van der Waals surface area (Å²) in [6.45, 7) is 1.88. The molecule has 0 radical (unpaired) electrons. The maximum Gasteiger partial charge on any atom is 0.321 e. The third-order valence-corrected chi connectivity index (χ3v) is 2.26. The van der Waals surface area contributed by atoms with Crippen LogP contribution in [0, 0.1) is 12.7 Å². The van der Waals surface area contributed by atoms with Crippen LogP contribution in [0.5, 0.6) is 11.8 Å². The van der Waals surface area contributed by atoms with E-state index in [1.165, 1.54) is 12.1 Å². The van der Waals surface area contributed by atoms with Crippen molar-refractivity contribution in [2.24, 2.45) is 0 Å². The predicted octanol–water partition coefficient (Wildman–Crippen LogP) is 3.48. The van der Waals surface area contributed by atoms with Crippen molar-refractivity contribution in [3.05, 3.63) is 46.4 Å². The first-order valence-electron chi connectivity index (χ1n) is 4.56. The maximum atomic E-state index is 13.0. The van der Waals surface area contributed by atoms with Crippen LogP contribution in [-0.4, -0.2) is 9.97 Å². The highest BCUT2D eigenvalue weighted by molar-refractivity contribution is 9.10. The quantitative estimate of drug-likeness (QED) is 0.846. The molecule has 0 atom stereocenters. The number of hydrogen-bond donors (Lipinski definition) is 0. The minimum absolute atomic E-state index is 0.197. The molecule has 0 spiro atoms. The van der Waals surface area contributed by atoms with Gasteiger partial charge >= 0.3 is 6.01 Å². The Labute approximate surface area is 100 Å². The summed E-state index contributed by atoms with van der Waals surface area (Å²) in [5.74, 6) is -0.0211. The zero-order valence-electron chi connectivity index (χ0n) is 8.45. The molecule has 0 bridgehead atoms. The SMILES string of the molecule is Cc1cnc(Oc2cc(F)cc(Br)c2)nc1. The summed E-state index contributed by atoms with van der Waals surface area (Å²) in [6.07, 6.45) is 3.27. The van der Waals surface area contributed by atoms with Crippen molar-refractivity contribution in [1.29, 1.82) is 0 Å². The second kappa shape index (κ2) is 4.57. The van der Waals surface area contributed by atoms with E-state index in [4.69, 9.17) is 4.74 Å². The lowest BCUT2D eigenvalue weighted by molar-refractivity contribution is 0.437. The summed E-state index contributed by atoms with van der Waals surface area (Å²) >= 11 is 3.18. The topological polar surface area (TPSA) is 35.0 Å². The molecule has 0 amide bonds. The molecule has 0 aliphatic carbocycles. The van der Waals surface area contributed by atoms with Gasteiger partial charge in [-0.2, -0.15) is 0 Å². The molecule has 16 heavy (non-hydrogen) atoms. The van der Waals surface area contributed by atoms with Crippen LogP contribution in [0.3, 0.4) is 0 Å². The molecule has 0 aliphatic rings. The van der Waals surface area contributed by atoms with E-state index in [-0.39, 0.29) is 11.8 Å². The Bertz CT molecular complexity index is 482. The average molecular weight is 283 g/mol. The number of hydrogen-bond acceptors (Lipinski definition) is 3. The van der Waals surface area contributed by atoms with Crippen LogP contribution in [0.1, 0.15) is 5.56 Å². The maximum absolute atomic E-state index is 13.0. The van der Waals surface area contributed by atoms with Gasteiger partial charge in [0.05, 0.1) is 0 Å². The molecule has 0 unspecified atom stereocenters. The number of halogens is 2. The third-order valence-electron chi connectivity index (χ3n) is 1.80. The van der Waals surface area contributed by atoms with Gasteiger partial charge in [-0.05, 0) is 24.6 Å². The zero-order valence-corrected chi connectivity index (χ0v) is 10.0. The average Bonchev–Trinajstić information content (AvgIpc) is 2.20. The third kappa shape index (κ3) is 2.76. The van der Waals surface area contributed by atoms with Crippen LogP contribution in [-0.2, 0) is 0 Å². The highest BCUT2D eigenvalue weighted by atomic mass is 79.9. The summed E-state index contributed by atoms with van der Waals surface area (Å²) in [7, 11) is 0. The lowest BCUT2D eigenvalue weighted by Gasteiger charge is -2.04. The van der Waals surface area contributed by atoms with Gasteiger partial charge in [0.2, 0.25) is 0 Å². The number of aromatic nitrogens is 2. The molecule has 1 heterocycles. The largest absolute Gasteiger partial charge is 0.424 e. The van der Waals surface area contributed by atoms with Crippen LogP contribution in [0.4, 0.5) is 4.39 Å². The Kier molecular flexibility index (Phi) is 3.14. The van der Waals surface area contributed by atoms with Crippen LogP contribution in [0.25, 0.3) is 0 Å². The Hall–Kier alpha value is -1.49. The number of nitrogens with zero attached hydrogens (tertiary/aromatic N) is 2. The molecule has 2 rings (SSSR count). The van der Waals surface area contributed by atoms with Gasteiger partial charge in [-0.15, -0.1) is 0 Å². The minimum Gasteiger partial charge on any atom is -0.424 e. The minimum atomic E-state index is -0.378. The molecule has 3 nitrogen and oxygen atoms in total. The van der Waals surface area contributed by atoms with Crippen LogP contribution < -0.4 is 4.74 Å². The Morgan fingerprint density at radius 2 is 1.88 bits per heavy atom. The lowest BCUT2D eigenvalue weighted by atomic mass is 10.3. The number of ether oxygens (including phenoxy) is 1. The molecule has 2 aromatic rings. The number of aryl methyl sites for hydroxylation is 1. The van der Waals surface area contributed by atoms with Crippen molar-refractivity contribution in [2.45, 2.75) is 6.92 Å². The van der Waals surface area contributed by atoms with Gasteiger partial charge in [-0.3, -0.25) is 0 Å². The normalized spacial score (nSPS) is 10.2. The highest BCUT2D eigenvalue weighted by Gasteiger charge is 2.03. The van der Waals surface area contributed by atoms with E-state index in [9.17, 15) is 4.39 Å². The molecular formula is C11H8BrFN2O. The van der Waals surface area contributed by atoms with Gasteiger partial charge in [0.1, 0.15) is 11.6 Å². The van der Waals surface area contributed by atoms with Gasteiger partial charge in [-0.25, -0.2) is 14.4 Å². The van der Waals surface area contributed by atoms with Gasteiger partial charge in [0.15, 0.2) is 0 Å². The van der Waals surface area contributed by atoms with Crippen molar-refractivity contribution in [3.8, 4) is 11.8 Å². The van der Waals surface area contributed by atoms with Gasteiger partial charge in [-0.1, -0.05) is 15.9 Å².